The third kappa shape index (κ3) is 7.77. The van der Waals surface area contributed by atoms with Crippen molar-refractivity contribution >= 4 is 18.5 Å². The zero-order valence-electron chi connectivity index (χ0n) is 22.9. The summed E-state index contributed by atoms with van der Waals surface area (Å²) in [6.45, 7) is 17.7. The van der Waals surface area contributed by atoms with Gasteiger partial charge >= 0.3 is 6.18 Å². The van der Waals surface area contributed by atoms with Crippen LogP contribution in [0.3, 0.4) is 0 Å². The molecule has 10 heteroatoms. The predicted molar refractivity (Wildman–Crippen MR) is 146 cm³/mol. The Hall–Kier alpha value is -3.43. The van der Waals surface area contributed by atoms with E-state index in [2.05, 4.69) is 21.6 Å². The van der Waals surface area contributed by atoms with Crippen LogP contribution in [0.2, 0.25) is 0 Å². The van der Waals surface area contributed by atoms with Crippen LogP contribution in [-0.2, 0) is 0 Å². The molecule has 0 fully saturated rings. The molecule has 202 valence electrons. The standard InChI is InChI=1S/C27H38F3N7/c1-9-13-22(27(28,29)30)25(31-7)35(8)14-15-37(12-4)24-18-23(21-16-19(5)32-20(6)17-21)33-26(34-24)36(10-2)11-3/h9,13,16-18H,7,10-12,14-15H2,1-6,8H3/b13-9-,25-22-. The second-order valence-corrected chi connectivity index (χ2v) is 8.62. The summed E-state index contributed by atoms with van der Waals surface area (Å²) in [4.78, 5) is 23.4. The highest BCUT2D eigenvalue weighted by atomic mass is 19.4. The number of rotatable bonds is 12. The molecule has 0 N–H and O–H groups in total. The van der Waals surface area contributed by atoms with Crippen LogP contribution in [-0.4, -0.2) is 72.5 Å². The molecule has 0 aliphatic heterocycles. The summed E-state index contributed by atoms with van der Waals surface area (Å²) in [6.07, 6.45) is -2.17. The van der Waals surface area contributed by atoms with Gasteiger partial charge in [0.15, 0.2) is 0 Å². The van der Waals surface area contributed by atoms with Crippen molar-refractivity contribution in [2.75, 3.05) is 49.6 Å². The third-order valence-corrected chi connectivity index (χ3v) is 5.93. The van der Waals surface area contributed by atoms with Gasteiger partial charge in [0.25, 0.3) is 0 Å². The lowest BCUT2D eigenvalue weighted by atomic mass is 10.1. The normalized spacial score (nSPS) is 12.5. The van der Waals surface area contributed by atoms with E-state index in [4.69, 9.17) is 9.97 Å². The fourth-order valence-electron chi connectivity index (χ4n) is 4.05. The van der Waals surface area contributed by atoms with E-state index < -0.39 is 11.7 Å². The van der Waals surface area contributed by atoms with Gasteiger partial charge in [-0.25, -0.2) is 9.98 Å². The lowest BCUT2D eigenvalue weighted by Gasteiger charge is -2.29. The van der Waals surface area contributed by atoms with Gasteiger partial charge in [0.2, 0.25) is 5.95 Å². The average Bonchev–Trinajstić information content (AvgIpc) is 2.84. The molecule has 0 amide bonds. The first-order valence-corrected chi connectivity index (χ1v) is 12.5. The summed E-state index contributed by atoms with van der Waals surface area (Å²) in [5, 5.41) is 0. The second-order valence-electron chi connectivity index (χ2n) is 8.62. The Morgan fingerprint density at radius 3 is 2.03 bits per heavy atom. The van der Waals surface area contributed by atoms with E-state index in [-0.39, 0.29) is 12.4 Å². The molecule has 7 nitrogen and oxygen atoms in total. The van der Waals surface area contributed by atoms with Crippen molar-refractivity contribution in [2.24, 2.45) is 4.99 Å². The molecule has 0 saturated heterocycles. The molecular formula is C27H38F3N7. The van der Waals surface area contributed by atoms with Crippen LogP contribution in [0.15, 0.2) is 46.7 Å². The van der Waals surface area contributed by atoms with Gasteiger partial charge in [0.05, 0.1) is 11.3 Å². The van der Waals surface area contributed by atoms with Crippen LogP contribution >= 0.6 is 0 Å². The van der Waals surface area contributed by atoms with Gasteiger partial charge in [-0.3, -0.25) is 4.98 Å². The molecule has 2 rings (SSSR count). The first-order chi connectivity index (χ1) is 17.5. The first kappa shape index (κ1) is 29.8. The molecule has 2 aromatic heterocycles. The van der Waals surface area contributed by atoms with Crippen LogP contribution in [0.1, 0.15) is 39.1 Å². The van der Waals surface area contributed by atoms with Gasteiger partial charge < -0.3 is 14.7 Å². The van der Waals surface area contributed by atoms with Gasteiger partial charge in [0.1, 0.15) is 11.6 Å². The predicted octanol–water partition coefficient (Wildman–Crippen LogP) is 5.81. The number of nitrogens with zero attached hydrogens (tertiary/aromatic N) is 7. The van der Waals surface area contributed by atoms with Crippen molar-refractivity contribution < 1.29 is 13.2 Å². The Morgan fingerprint density at radius 2 is 1.54 bits per heavy atom. The Labute approximate surface area is 218 Å². The number of likely N-dealkylation sites (N-methyl/N-ethyl adjacent to an activating group) is 2. The average molecular weight is 518 g/mol. The zero-order chi connectivity index (χ0) is 27.8. The number of hydrogen-bond acceptors (Lipinski definition) is 7. The summed E-state index contributed by atoms with van der Waals surface area (Å²) in [7, 11) is 1.59. The molecule has 0 spiro atoms. The highest BCUT2D eigenvalue weighted by molar-refractivity contribution is 5.66. The van der Waals surface area contributed by atoms with Crippen molar-refractivity contribution in [2.45, 2.75) is 47.7 Å². The van der Waals surface area contributed by atoms with E-state index in [0.29, 0.717) is 24.9 Å². The SMILES string of the molecule is C=N/C(=C(\C=C/C)C(F)(F)F)N(C)CCN(CC)c1cc(-c2cc(C)nc(C)c2)nc(N(CC)CC)n1. The van der Waals surface area contributed by atoms with Crippen LogP contribution in [0, 0.1) is 13.8 Å². The van der Waals surface area contributed by atoms with Gasteiger partial charge in [0, 0.05) is 62.8 Å². The van der Waals surface area contributed by atoms with Crippen molar-refractivity contribution in [3.05, 3.63) is 53.1 Å². The van der Waals surface area contributed by atoms with Crippen molar-refractivity contribution in [1.82, 2.24) is 19.9 Å². The maximum Gasteiger partial charge on any atom is 0.419 e. The van der Waals surface area contributed by atoms with E-state index in [1.807, 2.05) is 57.7 Å². The van der Waals surface area contributed by atoms with Crippen molar-refractivity contribution in [3.8, 4) is 11.3 Å². The summed E-state index contributed by atoms with van der Waals surface area (Å²) in [5.74, 6) is 1.10. The van der Waals surface area contributed by atoms with Crippen molar-refractivity contribution in [1.29, 1.82) is 0 Å². The molecule has 0 atom stereocenters. The van der Waals surface area contributed by atoms with E-state index in [1.165, 1.54) is 17.9 Å². The fraction of sp³-hybridized carbons (Fsp3) is 0.481. The van der Waals surface area contributed by atoms with E-state index >= 15 is 0 Å². The molecule has 0 aliphatic carbocycles. The minimum atomic E-state index is -4.54. The number of aromatic nitrogens is 3. The maximum atomic E-state index is 13.6. The molecule has 0 unspecified atom stereocenters. The van der Waals surface area contributed by atoms with Gasteiger partial charge in [-0.15, -0.1) is 0 Å². The Bertz CT molecular complexity index is 1100. The fourth-order valence-corrected chi connectivity index (χ4v) is 4.05. The number of pyridine rings is 1. The second kappa shape index (κ2) is 13.2. The minimum Gasteiger partial charge on any atom is -0.357 e. The highest BCUT2D eigenvalue weighted by Gasteiger charge is 2.35. The molecular weight excluding hydrogens is 479 g/mol. The van der Waals surface area contributed by atoms with Crippen molar-refractivity contribution in [3.63, 3.8) is 0 Å². The molecule has 0 aromatic carbocycles. The van der Waals surface area contributed by atoms with Gasteiger partial charge in [-0.2, -0.15) is 18.2 Å². The lowest BCUT2D eigenvalue weighted by molar-refractivity contribution is -0.0901. The van der Waals surface area contributed by atoms with Gasteiger partial charge in [-0.1, -0.05) is 12.2 Å². The largest absolute Gasteiger partial charge is 0.419 e. The summed E-state index contributed by atoms with van der Waals surface area (Å²) in [6, 6.07) is 5.90. The van der Waals surface area contributed by atoms with Crippen LogP contribution in [0.5, 0.6) is 0 Å². The van der Waals surface area contributed by atoms with Crippen LogP contribution in [0.4, 0.5) is 24.9 Å². The van der Waals surface area contributed by atoms with Gasteiger partial charge in [-0.05, 0) is 60.4 Å². The van der Waals surface area contributed by atoms with E-state index in [0.717, 1.165) is 41.8 Å². The first-order valence-electron chi connectivity index (χ1n) is 12.5. The van der Waals surface area contributed by atoms with E-state index in [9.17, 15) is 13.2 Å². The number of halogens is 3. The smallest absolute Gasteiger partial charge is 0.357 e. The molecule has 37 heavy (non-hydrogen) atoms. The number of anilines is 2. The zero-order valence-corrected chi connectivity index (χ0v) is 22.9. The highest BCUT2D eigenvalue weighted by Crippen LogP contribution is 2.31. The number of allylic oxidation sites excluding steroid dienone is 3. The summed E-state index contributed by atoms with van der Waals surface area (Å²) < 4.78 is 40.9. The number of alkyl halides is 3. The lowest BCUT2D eigenvalue weighted by Crippen LogP contribution is -2.35. The maximum absolute atomic E-state index is 13.6. The van der Waals surface area contributed by atoms with E-state index in [1.54, 1.807) is 7.05 Å². The molecule has 0 aliphatic rings. The number of hydrogen-bond donors (Lipinski definition) is 0. The summed E-state index contributed by atoms with van der Waals surface area (Å²) in [5.41, 5.74) is 2.68. The quantitative estimate of drug-likeness (QED) is 0.262. The Balaban J connectivity index is 2.48. The van der Waals surface area contributed by atoms with Crippen LogP contribution < -0.4 is 9.80 Å². The molecule has 0 radical (unpaired) electrons. The molecule has 0 bridgehead atoms. The monoisotopic (exact) mass is 517 g/mol. The number of aryl methyl sites for hydroxylation is 2. The molecule has 2 aromatic rings. The Morgan fingerprint density at radius 1 is 0.946 bits per heavy atom. The third-order valence-electron chi connectivity index (χ3n) is 5.93. The minimum absolute atomic E-state index is 0.211. The molecule has 2 heterocycles. The molecule has 0 saturated carbocycles. The topological polar surface area (TPSA) is 60.8 Å². The Kier molecular flexibility index (Phi) is 10.6. The van der Waals surface area contributed by atoms with Crippen LogP contribution in [0.25, 0.3) is 11.3 Å². The summed E-state index contributed by atoms with van der Waals surface area (Å²) >= 11 is 0. The number of aliphatic imine (C=N–C) groups is 1.